The number of aromatic amines is 1. The highest BCUT2D eigenvalue weighted by molar-refractivity contribution is 9.10. The number of carbonyl (C=O) groups excluding carboxylic acids is 1. The summed E-state index contributed by atoms with van der Waals surface area (Å²) in [5, 5.41) is 3.93. The van der Waals surface area contributed by atoms with E-state index in [2.05, 4.69) is 36.1 Å². The summed E-state index contributed by atoms with van der Waals surface area (Å²) in [7, 11) is 0. The molecule has 1 atom stereocenters. The Bertz CT molecular complexity index is 946. The molecule has 1 amide bonds. The van der Waals surface area contributed by atoms with Gasteiger partial charge in [0.2, 0.25) is 0 Å². The lowest BCUT2D eigenvalue weighted by Gasteiger charge is -2.21. The monoisotopic (exact) mass is 449 g/mol. The molecule has 1 fully saturated rings. The summed E-state index contributed by atoms with van der Waals surface area (Å²) in [6.45, 7) is 2.54. The van der Waals surface area contributed by atoms with Gasteiger partial charge in [0.1, 0.15) is 5.65 Å². The summed E-state index contributed by atoms with van der Waals surface area (Å²) in [6, 6.07) is 9.19. The normalized spacial score (nSPS) is 16.4. The van der Waals surface area contributed by atoms with Gasteiger partial charge in [-0.3, -0.25) is 4.79 Å². The summed E-state index contributed by atoms with van der Waals surface area (Å²) >= 11 is 3.64. The van der Waals surface area contributed by atoms with Crippen LogP contribution in [0.15, 0.2) is 47.2 Å². The van der Waals surface area contributed by atoms with Gasteiger partial charge >= 0.3 is 0 Å². The van der Waals surface area contributed by atoms with Crippen LogP contribution in [0.3, 0.4) is 0 Å². The van der Waals surface area contributed by atoms with Gasteiger partial charge in [-0.1, -0.05) is 18.2 Å². The van der Waals surface area contributed by atoms with E-state index in [1.54, 1.807) is 24.5 Å². The molecule has 0 bridgehead atoms. The maximum absolute atomic E-state index is 12.6. The van der Waals surface area contributed by atoms with Crippen LogP contribution in [0.2, 0.25) is 0 Å². The maximum Gasteiger partial charge on any atom is 0.255 e. The summed E-state index contributed by atoms with van der Waals surface area (Å²) in [6.07, 6.45) is 4.67. The molecular weight excluding hydrogens is 430 g/mol. The SMILES string of the molecule is Cl.NC[C@H]1CCN(c2c(Br)cnc3[nH]cc(NC(=O)c4ccccc4)c23)C1. The Morgan fingerprint density at radius 3 is 2.85 bits per heavy atom. The number of H-pyrrole nitrogens is 1. The van der Waals surface area contributed by atoms with Gasteiger partial charge in [0, 0.05) is 31.0 Å². The molecule has 0 spiro atoms. The molecule has 0 radical (unpaired) electrons. The summed E-state index contributed by atoms with van der Waals surface area (Å²) in [5.74, 6) is 0.352. The standard InChI is InChI=1S/C19H20BrN5O.ClH/c20-14-9-22-18-16(17(14)25-7-6-12(8-21)11-25)15(10-23-18)24-19(26)13-4-2-1-3-5-13;/h1-5,9-10,12H,6-8,11,21H2,(H,22,23)(H,24,26);1H/t12-;/m1./s1. The molecule has 1 aliphatic rings. The van der Waals surface area contributed by atoms with Gasteiger partial charge in [-0.05, 0) is 46.9 Å². The summed E-state index contributed by atoms with van der Waals surface area (Å²) in [5.41, 5.74) is 9.01. The predicted molar refractivity (Wildman–Crippen MR) is 115 cm³/mol. The van der Waals surface area contributed by atoms with Gasteiger partial charge in [-0.15, -0.1) is 12.4 Å². The number of rotatable bonds is 4. The van der Waals surface area contributed by atoms with Gasteiger partial charge in [0.25, 0.3) is 5.91 Å². The Labute approximate surface area is 172 Å². The third-order valence-electron chi connectivity index (χ3n) is 4.85. The average Bonchev–Trinajstić information content (AvgIpc) is 3.30. The van der Waals surface area contributed by atoms with E-state index in [9.17, 15) is 4.79 Å². The summed E-state index contributed by atoms with van der Waals surface area (Å²) < 4.78 is 0.914. The Kier molecular flexibility index (Phi) is 6.04. The minimum atomic E-state index is -0.140. The molecule has 142 valence electrons. The van der Waals surface area contributed by atoms with Crippen molar-refractivity contribution in [1.82, 2.24) is 9.97 Å². The highest BCUT2D eigenvalue weighted by atomic mass is 79.9. The minimum Gasteiger partial charge on any atom is -0.370 e. The maximum atomic E-state index is 12.6. The number of nitrogens with zero attached hydrogens (tertiary/aromatic N) is 2. The van der Waals surface area contributed by atoms with E-state index in [0.717, 1.165) is 46.4 Å². The zero-order valence-corrected chi connectivity index (χ0v) is 17.0. The van der Waals surface area contributed by atoms with E-state index in [1.165, 1.54) is 0 Å². The molecule has 4 N–H and O–H groups in total. The van der Waals surface area contributed by atoms with Crippen LogP contribution in [0, 0.1) is 5.92 Å². The second-order valence-electron chi connectivity index (χ2n) is 6.54. The first-order valence-electron chi connectivity index (χ1n) is 8.64. The van der Waals surface area contributed by atoms with E-state index < -0.39 is 0 Å². The van der Waals surface area contributed by atoms with Crippen molar-refractivity contribution in [1.29, 1.82) is 0 Å². The topological polar surface area (TPSA) is 87.0 Å². The smallest absolute Gasteiger partial charge is 0.255 e. The molecule has 8 heteroatoms. The number of hydrogen-bond acceptors (Lipinski definition) is 4. The number of nitrogens with two attached hydrogens (primary N) is 1. The third kappa shape index (κ3) is 3.81. The van der Waals surface area contributed by atoms with Crippen molar-refractivity contribution < 1.29 is 4.79 Å². The number of fused-ring (bicyclic) bond motifs is 1. The molecule has 0 saturated carbocycles. The van der Waals surface area contributed by atoms with Crippen LogP contribution in [0.4, 0.5) is 11.4 Å². The highest BCUT2D eigenvalue weighted by Crippen LogP contribution is 2.39. The van der Waals surface area contributed by atoms with Crippen LogP contribution in [-0.2, 0) is 0 Å². The Hall–Kier alpha value is -2.09. The average molecular weight is 451 g/mol. The second-order valence-corrected chi connectivity index (χ2v) is 7.39. The Morgan fingerprint density at radius 2 is 2.15 bits per heavy atom. The fourth-order valence-electron chi connectivity index (χ4n) is 3.48. The number of pyridine rings is 1. The number of benzene rings is 1. The Balaban J connectivity index is 0.00000210. The lowest BCUT2D eigenvalue weighted by molar-refractivity contribution is 0.102. The van der Waals surface area contributed by atoms with Crippen LogP contribution < -0.4 is 16.0 Å². The molecule has 4 rings (SSSR count). The van der Waals surface area contributed by atoms with Gasteiger partial charge < -0.3 is 20.9 Å². The fourth-order valence-corrected chi connectivity index (χ4v) is 4.03. The van der Waals surface area contributed by atoms with E-state index in [1.807, 2.05) is 18.2 Å². The van der Waals surface area contributed by atoms with Crippen molar-refractivity contribution in [3.05, 3.63) is 52.8 Å². The van der Waals surface area contributed by atoms with Crippen molar-refractivity contribution in [2.45, 2.75) is 6.42 Å². The Morgan fingerprint density at radius 1 is 1.37 bits per heavy atom. The number of halogens is 2. The first-order chi connectivity index (χ1) is 12.7. The number of carbonyl (C=O) groups is 1. The molecule has 0 unspecified atom stereocenters. The van der Waals surface area contributed by atoms with E-state index >= 15 is 0 Å². The van der Waals surface area contributed by atoms with Gasteiger partial charge in [0.05, 0.1) is 21.2 Å². The zero-order chi connectivity index (χ0) is 18.1. The predicted octanol–water partition coefficient (Wildman–Crippen LogP) is 3.78. The molecule has 0 aliphatic carbocycles. The van der Waals surface area contributed by atoms with Crippen LogP contribution in [0.25, 0.3) is 11.0 Å². The molecule has 1 aromatic carbocycles. The number of hydrogen-bond donors (Lipinski definition) is 3. The van der Waals surface area contributed by atoms with E-state index in [0.29, 0.717) is 18.0 Å². The molecule has 3 aromatic rings. The van der Waals surface area contributed by atoms with Crippen LogP contribution >= 0.6 is 28.3 Å². The minimum absolute atomic E-state index is 0. The van der Waals surface area contributed by atoms with Crippen LogP contribution in [-0.4, -0.2) is 35.5 Å². The molecule has 1 aliphatic heterocycles. The van der Waals surface area contributed by atoms with Crippen molar-refractivity contribution in [2.24, 2.45) is 11.7 Å². The molecule has 27 heavy (non-hydrogen) atoms. The zero-order valence-electron chi connectivity index (χ0n) is 14.6. The second kappa shape index (κ2) is 8.29. The van der Waals surface area contributed by atoms with Crippen LogP contribution in [0.5, 0.6) is 0 Å². The first-order valence-corrected chi connectivity index (χ1v) is 9.43. The van der Waals surface area contributed by atoms with Crippen LogP contribution in [0.1, 0.15) is 16.8 Å². The molecular formula is C19H21BrClN5O. The summed E-state index contributed by atoms with van der Waals surface area (Å²) in [4.78, 5) is 22.5. The number of amides is 1. The van der Waals surface area contributed by atoms with Crippen molar-refractivity contribution in [3.8, 4) is 0 Å². The molecule has 3 heterocycles. The van der Waals surface area contributed by atoms with Gasteiger partial charge in [-0.2, -0.15) is 0 Å². The van der Waals surface area contributed by atoms with Gasteiger partial charge in [0.15, 0.2) is 0 Å². The largest absolute Gasteiger partial charge is 0.370 e. The lowest BCUT2D eigenvalue weighted by atomic mass is 10.1. The molecule has 6 nitrogen and oxygen atoms in total. The quantitative estimate of drug-likeness (QED) is 0.564. The van der Waals surface area contributed by atoms with Gasteiger partial charge in [-0.25, -0.2) is 4.98 Å². The lowest BCUT2D eigenvalue weighted by Crippen LogP contribution is -2.23. The first kappa shape index (κ1) is 19.7. The molecule has 1 saturated heterocycles. The molecule has 2 aromatic heterocycles. The van der Waals surface area contributed by atoms with E-state index in [4.69, 9.17) is 5.73 Å². The fraction of sp³-hybridized carbons (Fsp3) is 0.263. The van der Waals surface area contributed by atoms with Crippen molar-refractivity contribution in [3.63, 3.8) is 0 Å². The third-order valence-corrected chi connectivity index (χ3v) is 5.43. The number of anilines is 2. The number of nitrogens with one attached hydrogen (secondary N) is 2. The van der Waals surface area contributed by atoms with Crippen molar-refractivity contribution >= 4 is 56.7 Å². The highest BCUT2D eigenvalue weighted by Gasteiger charge is 2.26. The number of aromatic nitrogens is 2. The van der Waals surface area contributed by atoms with E-state index in [-0.39, 0.29) is 18.3 Å². The van der Waals surface area contributed by atoms with Crippen molar-refractivity contribution in [2.75, 3.05) is 29.9 Å².